The molecule has 198 valence electrons. The molecule has 1 amide bonds. The normalized spacial score (nSPS) is 18.7. The van der Waals surface area contributed by atoms with E-state index in [-0.39, 0.29) is 36.7 Å². The lowest BCUT2D eigenvalue weighted by atomic mass is 9.80. The number of hydrogen-bond acceptors (Lipinski definition) is 3. The number of aliphatic carboxylic acids is 1. The number of piperidine rings is 1. The fourth-order valence-corrected chi connectivity index (χ4v) is 5.36. The monoisotopic (exact) mass is 522 g/mol. The molecule has 0 bridgehead atoms. The Bertz CT molecular complexity index is 1190. The first-order chi connectivity index (χ1) is 17.3. The van der Waals surface area contributed by atoms with Crippen LogP contribution >= 0.6 is 12.4 Å². The van der Waals surface area contributed by atoms with E-state index in [1.54, 1.807) is 13.8 Å². The molecule has 1 aliphatic rings. The Morgan fingerprint density at radius 1 is 1.03 bits per heavy atom. The molecule has 0 aromatic heterocycles. The summed E-state index contributed by atoms with van der Waals surface area (Å²) in [6.07, 6.45) is 1.52. The summed E-state index contributed by atoms with van der Waals surface area (Å²) in [4.78, 5) is 26.5. The Balaban J connectivity index is 0.00000380. The highest BCUT2D eigenvalue weighted by atomic mass is 35.5. The average Bonchev–Trinajstić information content (AvgIpc) is 2.90. The van der Waals surface area contributed by atoms with Crippen LogP contribution in [0.5, 0.6) is 0 Å². The third-order valence-electron chi connectivity index (χ3n) is 7.83. The van der Waals surface area contributed by atoms with E-state index in [0.717, 1.165) is 13.0 Å². The average molecular weight is 523 g/mol. The Kier molecular flexibility index (Phi) is 9.74. The maximum atomic E-state index is 13.1. The van der Waals surface area contributed by atoms with Gasteiger partial charge >= 0.3 is 5.97 Å². The molecule has 2 unspecified atom stereocenters. The van der Waals surface area contributed by atoms with Crippen LogP contribution in [0.25, 0.3) is 10.8 Å². The lowest BCUT2D eigenvalue weighted by Crippen LogP contribution is -2.46. The maximum absolute atomic E-state index is 13.1. The second-order valence-corrected chi connectivity index (χ2v) is 10.8. The van der Waals surface area contributed by atoms with Crippen LogP contribution in [0.1, 0.15) is 63.1 Å². The van der Waals surface area contributed by atoms with Gasteiger partial charge in [-0.15, -0.1) is 12.4 Å². The summed E-state index contributed by atoms with van der Waals surface area (Å²) >= 11 is 0. The van der Waals surface area contributed by atoms with Gasteiger partial charge in [0.1, 0.15) is 0 Å². The molecule has 5 nitrogen and oxygen atoms in total. The highest BCUT2D eigenvalue weighted by molar-refractivity contribution is 5.86. The summed E-state index contributed by atoms with van der Waals surface area (Å²) in [7, 11) is 0. The molecule has 1 heterocycles. The molecule has 1 fully saturated rings. The SMILES string of the molecule is C[C@@H](NCC1CN(C(=O)CCC(C)(C)C(=O)O)CCC1c1ccccc1)c1cccc2ccccc12.Cl. The summed E-state index contributed by atoms with van der Waals surface area (Å²) in [5, 5.41) is 15.7. The Labute approximate surface area is 226 Å². The zero-order chi connectivity index (χ0) is 25.7. The van der Waals surface area contributed by atoms with E-state index in [4.69, 9.17) is 0 Å². The van der Waals surface area contributed by atoms with Crippen molar-refractivity contribution in [1.29, 1.82) is 0 Å². The standard InChI is InChI=1S/C31H38N2O3.ClH/c1-22(26-15-9-13-24-12-7-8-14-28(24)26)32-20-25-21-33(29(34)16-18-31(2,3)30(35)36)19-17-27(25)23-10-5-4-6-11-23;/h4-15,22,25,27,32H,16-21H2,1-3H3,(H,35,36);1H/t22-,25?,27?;/m1./s1. The maximum Gasteiger partial charge on any atom is 0.309 e. The summed E-state index contributed by atoms with van der Waals surface area (Å²) in [5.41, 5.74) is 1.71. The molecule has 0 spiro atoms. The van der Waals surface area contributed by atoms with E-state index in [1.807, 2.05) is 11.0 Å². The van der Waals surface area contributed by atoms with Gasteiger partial charge in [0.25, 0.3) is 0 Å². The number of likely N-dealkylation sites (tertiary alicyclic amines) is 1. The van der Waals surface area contributed by atoms with E-state index >= 15 is 0 Å². The smallest absolute Gasteiger partial charge is 0.309 e. The minimum atomic E-state index is -0.896. The van der Waals surface area contributed by atoms with Crippen molar-refractivity contribution in [3.8, 4) is 0 Å². The van der Waals surface area contributed by atoms with E-state index in [9.17, 15) is 14.7 Å². The van der Waals surface area contributed by atoms with Gasteiger partial charge in [0, 0.05) is 32.1 Å². The van der Waals surface area contributed by atoms with E-state index < -0.39 is 11.4 Å². The molecular formula is C31H39ClN2O3. The summed E-state index contributed by atoms with van der Waals surface area (Å²) in [6.45, 7) is 7.77. The minimum Gasteiger partial charge on any atom is -0.481 e. The van der Waals surface area contributed by atoms with Crippen LogP contribution in [-0.2, 0) is 9.59 Å². The predicted molar refractivity (Wildman–Crippen MR) is 152 cm³/mol. The highest BCUT2D eigenvalue weighted by Crippen LogP contribution is 2.34. The number of halogens is 1. The summed E-state index contributed by atoms with van der Waals surface area (Å²) in [5.74, 6) is -0.154. The van der Waals surface area contributed by atoms with Crippen molar-refractivity contribution in [3.63, 3.8) is 0 Å². The second kappa shape index (κ2) is 12.6. The van der Waals surface area contributed by atoms with E-state index in [1.165, 1.54) is 21.9 Å². The van der Waals surface area contributed by atoms with Crippen molar-refractivity contribution in [3.05, 3.63) is 83.9 Å². The molecule has 4 rings (SSSR count). The van der Waals surface area contributed by atoms with Crippen molar-refractivity contribution in [2.45, 2.75) is 52.0 Å². The fraction of sp³-hybridized carbons (Fsp3) is 0.419. The number of hydrogen-bond donors (Lipinski definition) is 2. The molecule has 0 radical (unpaired) electrons. The van der Waals surface area contributed by atoms with Crippen molar-refractivity contribution in [2.24, 2.45) is 11.3 Å². The lowest BCUT2D eigenvalue weighted by molar-refractivity contribution is -0.147. The van der Waals surface area contributed by atoms with Gasteiger partial charge in [-0.05, 0) is 67.3 Å². The molecule has 1 aliphatic heterocycles. The van der Waals surface area contributed by atoms with Gasteiger partial charge < -0.3 is 15.3 Å². The number of carbonyl (C=O) groups is 2. The molecule has 0 saturated carbocycles. The number of rotatable bonds is 9. The van der Waals surface area contributed by atoms with Crippen molar-refractivity contribution in [2.75, 3.05) is 19.6 Å². The van der Waals surface area contributed by atoms with Crippen molar-refractivity contribution >= 4 is 35.1 Å². The number of fused-ring (bicyclic) bond motifs is 1. The summed E-state index contributed by atoms with van der Waals surface area (Å²) in [6, 6.07) is 25.7. The fourth-order valence-electron chi connectivity index (χ4n) is 5.36. The van der Waals surface area contributed by atoms with Crippen LogP contribution in [0, 0.1) is 11.3 Å². The number of nitrogens with one attached hydrogen (secondary N) is 1. The Hall–Kier alpha value is -2.89. The van der Waals surface area contributed by atoms with Gasteiger partial charge in [-0.25, -0.2) is 0 Å². The predicted octanol–water partition coefficient (Wildman–Crippen LogP) is 6.44. The molecule has 3 aromatic carbocycles. The molecule has 0 aliphatic carbocycles. The van der Waals surface area contributed by atoms with Crippen LogP contribution in [0.15, 0.2) is 72.8 Å². The molecule has 2 N–H and O–H groups in total. The largest absolute Gasteiger partial charge is 0.481 e. The van der Waals surface area contributed by atoms with Crippen molar-refractivity contribution in [1.82, 2.24) is 10.2 Å². The quantitative estimate of drug-likeness (QED) is 0.339. The van der Waals surface area contributed by atoms with Gasteiger partial charge in [0.15, 0.2) is 0 Å². The number of carbonyl (C=O) groups excluding carboxylic acids is 1. The topological polar surface area (TPSA) is 69.6 Å². The van der Waals surface area contributed by atoms with E-state index in [0.29, 0.717) is 25.4 Å². The molecule has 3 atom stereocenters. The third-order valence-corrected chi connectivity index (χ3v) is 7.83. The van der Waals surface area contributed by atoms with Gasteiger partial charge in [-0.3, -0.25) is 9.59 Å². The van der Waals surface area contributed by atoms with Crippen LogP contribution < -0.4 is 5.32 Å². The van der Waals surface area contributed by atoms with Crippen LogP contribution in [-0.4, -0.2) is 41.5 Å². The number of amides is 1. The second-order valence-electron chi connectivity index (χ2n) is 10.8. The number of benzene rings is 3. The van der Waals surface area contributed by atoms with Gasteiger partial charge in [0.2, 0.25) is 5.91 Å². The molecule has 6 heteroatoms. The Morgan fingerprint density at radius 2 is 1.70 bits per heavy atom. The zero-order valence-corrected chi connectivity index (χ0v) is 22.8. The number of carboxylic acid groups (broad SMARTS) is 1. The van der Waals surface area contributed by atoms with Gasteiger partial charge in [-0.2, -0.15) is 0 Å². The lowest BCUT2D eigenvalue weighted by Gasteiger charge is -2.40. The first kappa shape index (κ1) is 28.7. The highest BCUT2D eigenvalue weighted by Gasteiger charge is 2.34. The van der Waals surface area contributed by atoms with Gasteiger partial charge in [-0.1, -0.05) is 72.8 Å². The zero-order valence-electron chi connectivity index (χ0n) is 22.0. The van der Waals surface area contributed by atoms with Gasteiger partial charge in [0.05, 0.1) is 5.41 Å². The first-order valence-corrected chi connectivity index (χ1v) is 13.0. The van der Waals surface area contributed by atoms with Crippen LogP contribution in [0.4, 0.5) is 0 Å². The van der Waals surface area contributed by atoms with Crippen LogP contribution in [0.3, 0.4) is 0 Å². The molecule has 1 saturated heterocycles. The minimum absolute atomic E-state index is 0. The molecule has 3 aromatic rings. The number of carboxylic acids is 1. The number of nitrogens with zero attached hydrogens (tertiary/aromatic N) is 1. The molecule has 37 heavy (non-hydrogen) atoms. The van der Waals surface area contributed by atoms with Crippen LogP contribution in [0.2, 0.25) is 0 Å². The summed E-state index contributed by atoms with van der Waals surface area (Å²) < 4.78 is 0. The Morgan fingerprint density at radius 3 is 2.43 bits per heavy atom. The first-order valence-electron chi connectivity index (χ1n) is 13.0. The van der Waals surface area contributed by atoms with Crippen molar-refractivity contribution < 1.29 is 14.7 Å². The van der Waals surface area contributed by atoms with E-state index in [2.05, 4.69) is 79.0 Å². The molecular weight excluding hydrogens is 484 g/mol. The third kappa shape index (κ3) is 6.91.